The van der Waals surface area contributed by atoms with E-state index in [1.807, 2.05) is 36.4 Å². The molecule has 0 fully saturated rings. The molecule has 0 aromatic heterocycles. The Kier molecular flexibility index (Phi) is 5.55. The highest BCUT2D eigenvalue weighted by molar-refractivity contribution is 6.30. The summed E-state index contributed by atoms with van der Waals surface area (Å²) < 4.78 is 5.91. The molecule has 0 saturated heterocycles. The van der Waals surface area contributed by atoms with Crippen LogP contribution in [0.1, 0.15) is 24.5 Å². The van der Waals surface area contributed by atoms with Gasteiger partial charge in [-0.3, -0.25) is 0 Å². The predicted molar refractivity (Wildman–Crippen MR) is 102 cm³/mol. The fourth-order valence-electron chi connectivity index (χ4n) is 2.69. The van der Waals surface area contributed by atoms with Crippen molar-refractivity contribution in [2.24, 2.45) is 0 Å². The first-order valence-electron chi connectivity index (χ1n) is 8.31. The van der Waals surface area contributed by atoms with Crippen molar-refractivity contribution in [3.63, 3.8) is 0 Å². The van der Waals surface area contributed by atoms with Gasteiger partial charge < -0.3 is 4.74 Å². The number of ether oxygens (including phenoxy) is 1. The quantitative estimate of drug-likeness (QED) is 0.496. The summed E-state index contributed by atoms with van der Waals surface area (Å²) in [6.45, 7) is 2.76. The van der Waals surface area contributed by atoms with Gasteiger partial charge in [0.1, 0.15) is 12.4 Å². The maximum Gasteiger partial charge on any atom is 0.119 e. The van der Waals surface area contributed by atoms with E-state index >= 15 is 0 Å². The van der Waals surface area contributed by atoms with E-state index in [0.29, 0.717) is 6.61 Å². The van der Waals surface area contributed by atoms with Crippen LogP contribution in [0.5, 0.6) is 5.75 Å². The monoisotopic (exact) mass is 336 g/mol. The van der Waals surface area contributed by atoms with Crippen LogP contribution in [0, 0.1) is 0 Å². The lowest BCUT2D eigenvalue weighted by Crippen LogP contribution is -1.96. The Morgan fingerprint density at radius 1 is 0.792 bits per heavy atom. The topological polar surface area (TPSA) is 9.23 Å². The molecular formula is C22H21ClO. The lowest BCUT2D eigenvalue weighted by Gasteiger charge is -2.09. The minimum Gasteiger partial charge on any atom is -0.489 e. The molecule has 3 aromatic carbocycles. The van der Waals surface area contributed by atoms with Gasteiger partial charge in [0, 0.05) is 5.02 Å². The first-order chi connectivity index (χ1) is 11.7. The van der Waals surface area contributed by atoms with Gasteiger partial charge in [-0.2, -0.15) is 0 Å². The minimum atomic E-state index is 0.564. The lowest BCUT2D eigenvalue weighted by atomic mass is 10.0. The van der Waals surface area contributed by atoms with Crippen molar-refractivity contribution in [1.29, 1.82) is 0 Å². The van der Waals surface area contributed by atoms with E-state index in [-0.39, 0.29) is 0 Å². The van der Waals surface area contributed by atoms with E-state index in [1.165, 1.54) is 11.1 Å². The summed E-state index contributed by atoms with van der Waals surface area (Å²) in [5, 5.41) is 0.754. The Hall–Kier alpha value is -2.25. The van der Waals surface area contributed by atoms with Crippen molar-refractivity contribution < 1.29 is 4.74 Å². The molecule has 2 heteroatoms. The van der Waals surface area contributed by atoms with Gasteiger partial charge in [-0.25, -0.2) is 0 Å². The Morgan fingerprint density at radius 2 is 1.54 bits per heavy atom. The summed E-state index contributed by atoms with van der Waals surface area (Å²) >= 11 is 5.96. The fraction of sp³-hybridized carbons (Fsp3) is 0.182. The normalized spacial score (nSPS) is 10.6. The SMILES string of the molecule is CCCc1ccc(OCc2cccc(-c3ccc(Cl)cc3)c2)cc1. The van der Waals surface area contributed by atoms with Crippen molar-refractivity contribution in [3.05, 3.63) is 88.9 Å². The summed E-state index contributed by atoms with van der Waals surface area (Å²) in [7, 11) is 0. The molecule has 0 N–H and O–H groups in total. The Balaban J connectivity index is 1.67. The number of benzene rings is 3. The molecule has 0 saturated carbocycles. The average Bonchev–Trinajstić information content (AvgIpc) is 2.62. The number of rotatable bonds is 6. The van der Waals surface area contributed by atoms with Crippen LogP contribution >= 0.6 is 11.6 Å². The second kappa shape index (κ2) is 8.03. The standard InChI is InChI=1S/C22H21ClO/c1-2-4-17-7-13-22(14-8-17)24-16-18-5-3-6-20(15-18)19-9-11-21(23)12-10-19/h3,5-15H,2,4,16H2,1H3. The average molecular weight is 337 g/mol. The van der Waals surface area contributed by atoms with Gasteiger partial charge in [-0.15, -0.1) is 0 Å². The number of aryl methyl sites for hydroxylation is 1. The third kappa shape index (κ3) is 4.39. The van der Waals surface area contributed by atoms with E-state index in [1.54, 1.807) is 0 Å². The molecule has 0 unspecified atom stereocenters. The van der Waals surface area contributed by atoms with Gasteiger partial charge in [0.15, 0.2) is 0 Å². The van der Waals surface area contributed by atoms with Crippen molar-refractivity contribution in [1.82, 2.24) is 0 Å². The van der Waals surface area contributed by atoms with Crippen molar-refractivity contribution in [2.75, 3.05) is 0 Å². The molecule has 3 rings (SSSR count). The molecule has 0 atom stereocenters. The molecular weight excluding hydrogens is 316 g/mol. The van der Waals surface area contributed by atoms with Crippen molar-refractivity contribution in [2.45, 2.75) is 26.4 Å². The molecule has 0 radical (unpaired) electrons. The first kappa shape index (κ1) is 16.6. The molecule has 0 aliphatic carbocycles. The lowest BCUT2D eigenvalue weighted by molar-refractivity contribution is 0.306. The zero-order chi connectivity index (χ0) is 16.8. The molecule has 3 aromatic rings. The van der Waals surface area contributed by atoms with Gasteiger partial charge in [-0.1, -0.05) is 67.4 Å². The zero-order valence-electron chi connectivity index (χ0n) is 13.8. The zero-order valence-corrected chi connectivity index (χ0v) is 14.6. The third-order valence-corrected chi connectivity index (χ3v) is 4.22. The van der Waals surface area contributed by atoms with Gasteiger partial charge in [0.25, 0.3) is 0 Å². The van der Waals surface area contributed by atoms with E-state index in [9.17, 15) is 0 Å². The highest BCUT2D eigenvalue weighted by atomic mass is 35.5. The summed E-state index contributed by atoms with van der Waals surface area (Å²) in [6, 6.07) is 24.7. The van der Waals surface area contributed by atoms with Crippen LogP contribution in [0.4, 0.5) is 0 Å². The fourth-order valence-corrected chi connectivity index (χ4v) is 2.82. The van der Waals surface area contributed by atoms with E-state index in [2.05, 4.69) is 43.3 Å². The van der Waals surface area contributed by atoms with Gasteiger partial charge in [-0.05, 0) is 59.0 Å². The maximum absolute atomic E-state index is 5.96. The van der Waals surface area contributed by atoms with Gasteiger partial charge in [0.05, 0.1) is 0 Å². The molecule has 0 aliphatic heterocycles. The molecule has 0 amide bonds. The van der Waals surface area contributed by atoms with E-state index in [0.717, 1.165) is 34.7 Å². The van der Waals surface area contributed by atoms with Crippen LogP contribution < -0.4 is 4.74 Å². The second-order valence-corrected chi connectivity index (χ2v) is 6.33. The number of hydrogen-bond donors (Lipinski definition) is 0. The Bertz CT molecular complexity index is 776. The largest absolute Gasteiger partial charge is 0.489 e. The highest BCUT2D eigenvalue weighted by Gasteiger charge is 2.01. The molecule has 0 aliphatic rings. The molecule has 122 valence electrons. The Morgan fingerprint density at radius 3 is 2.25 bits per heavy atom. The van der Waals surface area contributed by atoms with Crippen molar-refractivity contribution in [3.8, 4) is 16.9 Å². The minimum absolute atomic E-state index is 0.564. The van der Waals surface area contributed by atoms with Gasteiger partial charge >= 0.3 is 0 Å². The second-order valence-electron chi connectivity index (χ2n) is 5.89. The van der Waals surface area contributed by atoms with Crippen molar-refractivity contribution >= 4 is 11.6 Å². The van der Waals surface area contributed by atoms with Gasteiger partial charge in [0.2, 0.25) is 0 Å². The third-order valence-electron chi connectivity index (χ3n) is 3.97. The van der Waals surface area contributed by atoms with Crippen LogP contribution in [-0.4, -0.2) is 0 Å². The van der Waals surface area contributed by atoms with Crippen LogP contribution in [0.2, 0.25) is 5.02 Å². The highest BCUT2D eigenvalue weighted by Crippen LogP contribution is 2.23. The summed E-state index contributed by atoms with van der Waals surface area (Å²) in [5.41, 5.74) is 4.84. The van der Waals surface area contributed by atoms with Crippen LogP contribution in [0.15, 0.2) is 72.8 Å². The van der Waals surface area contributed by atoms with E-state index in [4.69, 9.17) is 16.3 Å². The van der Waals surface area contributed by atoms with Crippen LogP contribution in [0.3, 0.4) is 0 Å². The van der Waals surface area contributed by atoms with Crippen LogP contribution in [-0.2, 0) is 13.0 Å². The van der Waals surface area contributed by atoms with E-state index < -0.39 is 0 Å². The summed E-state index contributed by atoms with van der Waals surface area (Å²) in [4.78, 5) is 0. The summed E-state index contributed by atoms with van der Waals surface area (Å²) in [6.07, 6.45) is 2.28. The molecule has 24 heavy (non-hydrogen) atoms. The molecule has 0 heterocycles. The number of halogens is 1. The predicted octanol–water partition coefficient (Wildman–Crippen LogP) is 6.54. The summed E-state index contributed by atoms with van der Waals surface area (Å²) in [5.74, 6) is 0.909. The molecule has 1 nitrogen and oxygen atoms in total. The van der Waals surface area contributed by atoms with Crippen LogP contribution in [0.25, 0.3) is 11.1 Å². The maximum atomic E-state index is 5.96. The first-order valence-corrected chi connectivity index (χ1v) is 8.69. The molecule has 0 spiro atoms. The molecule has 0 bridgehead atoms. The number of hydrogen-bond acceptors (Lipinski definition) is 1. The Labute approximate surface area is 148 Å². The smallest absolute Gasteiger partial charge is 0.119 e.